The van der Waals surface area contributed by atoms with Gasteiger partial charge in [-0.1, -0.05) is 30.8 Å². The van der Waals surface area contributed by atoms with Gasteiger partial charge in [0.25, 0.3) is 0 Å². The summed E-state index contributed by atoms with van der Waals surface area (Å²) >= 11 is 4.01. The highest BCUT2D eigenvalue weighted by atomic mass is 127. The summed E-state index contributed by atoms with van der Waals surface area (Å²) in [5.74, 6) is 0.326. The number of phenolic OH excluding ortho intramolecular Hbond substituents is 1. The zero-order chi connectivity index (χ0) is 16.0. The van der Waals surface area contributed by atoms with Gasteiger partial charge in [0.1, 0.15) is 11.8 Å². The van der Waals surface area contributed by atoms with Crippen molar-refractivity contribution < 1.29 is 5.11 Å². The molecule has 2 aromatic rings. The van der Waals surface area contributed by atoms with Crippen molar-refractivity contribution in [2.24, 2.45) is 4.99 Å². The Morgan fingerprint density at radius 1 is 1.30 bits per heavy atom. The highest BCUT2D eigenvalue weighted by Crippen LogP contribution is 2.47. The van der Waals surface area contributed by atoms with E-state index in [1.54, 1.807) is 6.07 Å². The second kappa shape index (κ2) is 5.98. The maximum absolute atomic E-state index is 9.83. The fourth-order valence-electron chi connectivity index (χ4n) is 3.19. The lowest BCUT2D eigenvalue weighted by Crippen LogP contribution is -2.28. The van der Waals surface area contributed by atoms with E-state index in [0.29, 0.717) is 11.0 Å². The molecule has 1 N–H and O–H groups in total. The number of halogens is 1. The van der Waals surface area contributed by atoms with E-state index in [-0.39, 0.29) is 12.1 Å². The van der Waals surface area contributed by atoms with Crippen LogP contribution in [0, 0.1) is 3.57 Å². The molecule has 2 aliphatic rings. The number of nitrogens with zero attached hydrogens (tertiary/aromatic N) is 3. The third-order valence-electron chi connectivity index (χ3n) is 4.19. The van der Waals surface area contributed by atoms with Crippen molar-refractivity contribution in [3.8, 4) is 5.75 Å². The van der Waals surface area contributed by atoms with Gasteiger partial charge in [0.2, 0.25) is 0 Å². The summed E-state index contributed by atoms with van der Waals surface area (Å²) < 4.78 is 0.869. The first kappa shape index (κ1) is 15.3. The van der Waals surface area contributed by atoms with E-state index < -0.39 is 0 Å². The number of aromatic nitrogens is 1. The first-order chi connectivity index (χ1) is 11.1. The number of benzene rings is 1. The monoisotopic (exact) mass is 437 g/mol. The lowest BCUT2D eigenvalue weighted by Gasteiger charge is -2.27. The van der Waals surface area contributed by atoms with Crippen molar-refractivity contribution in [2.45, 2.75) is 24.3 Å². The Morgan fingerprint density at radius 2 is 2.17 bits per heavy atom. The van der Waals surface area contributed by atoms with Crippen LogP contribution in [0.3, 0.4) is 0 Å². The molecule has 118 valence electrons. The van der Waals surface area contributed by atoms with Crippen LogP contribution in [-0.2, 0) is 0 Å². The third-order valence-corrected chi connectivity index (χ3v) is 6.16. The van der Waals surface area contributed by atoms with Crippen molar-refractivity contribution in [1.82, 2.24) is 9.88 Å². The van der Waals surface area contributed by atoms with E-state index in [1.165, 1.54) is 5.56 Å². The van der Waals surface area contributed by atoms with Crippen molar-refractivity contribution in [3.63, 3.8) is 0 Å². The van der Waals surface area contributed by atoms with Crippen LogP contribution in [0.4, 0.5) is 0 Å². The number of thioether (sulfide) groups is 1. The molecule has 1 aromatic carbocycles. The van der Waals surface area contributed by atoms with E-state index in [9.17, 15) is 5.11 Å². The van der Waals surface area contributed by atoms with Gasteiger partial charge in [-0.25, -0.2) is 0 Å². The quantitative estimate of drug-likeness (QED) is 0.723. The number of phenols is 1. The van der Waals surface area contributed by atoms with Crippen molar-refractivity contribution >= 4 is 39.5 Å². The van der Waals surface area contributed by atoms with Gasteiger partial charge in [-0.15, -0.1) is 0 Å². The molecule has 0 unspecified atom stereocenters. The summed E-state index contributed by atoms with van der Waals surface area (Å²) in [6.07, 6.45) is 1.83. The second-order valence-electron chi connectivity index (χ2n) is 5.85. The van der Waals surface area contributed by atoms with Crippen LogP contribution >= 0.6 is 34.4 Å². The smallest absolute Gasteiger partial charge is 0.160 e. The Balaban J connectivity index is 1.79. The number of aromatic hydroxyl groups is 1. The fourth-order valence-corrected chi connectivity index (χ4v) is 4.82. The Hall–Kier alpha value is -1.28. The van der Waals surface area contributed by atoms with Gasteiger partial charge in [-0.05, 0) is 52.4 Å². The van der Waals surface area contributed by atoms with Crippen LogP contribution in [-0.4, -0.2) is 32.0 Å². The molecule has 3 atom stereocenters. The average Bonchev–Trinajstić information content (AvgIpc) is 3.07. The first-order valence-electron chi connectivity index (χ1n) is 7.54. The molecule has 1 fully saturated rings. The van der Waals surface area contributed by atoms with Crippen molar-refractivity contribution in [3.05, 3.63) is 57.4 Å². The minimum absolute atomic E-state index is 0.00606. The molecule has 0 amide bonds. The Morgan fingerprint density at radius 3 is 2.91 bits per heavy atom. The number of aliphatic imine (C=N–C) groups is 1. The first-order valence-corrected chi connectivity index (χ1v) is 9.50. The zero-order valence-corrected chi connectivity index (χ0v) is 15.5. The maximum Gasteiger partial charge on any atom is 0.160 e. The van der Waals surface area contributed by atoms with Gasteiger partial charge in [-0.2, -0.15) is 0 Å². The van der Waals surface area contributed by atoms with E-state index in [0.717, 1.165) is 21.0 Å². The van der Waals surface area contributed by atoms with E-state index in [4.69, 9.17) is 4.99 Å². The molecule has 4 nitrogen and oxygen atoms in total. The van der Waals surface area contributed by atoms with E-state index in [2.05, 4.69) is 45.5 Å². The molecular weight excluding hydrogens is 421 g/mol. The Labute approximate surface area is 153 Å². The van der Waals surface area contributed by atoms with Crippen LogP contribution in [0.1, 0.15) is 30.3 Å². The number of amidine groups is 1. The SMILES string of the molecule is C[C@@H]1CN2C(=N[C@@H](c3ccccn3)[C@H]2c2ccc(O)c(I)c2)S1. The minimum Gasteiger partial charge on any atom is -0.507 e. The molecule has 1 saturated heterocycles. The Kier molecular flexibility index (Phi) is 3.96. The van der Waals surface area contributed by atoms with Crippen LogP contribution < -0.4 is 0 Å². The van der Waals surface area contributed by atoms with Crippen molar-refractivity contribution in [2.75, 3.05) is 6.54 Å². The van der Waals surface area contributed by atoms with Gasteiger partial charge < -0.3 is 10.0 Å². The average molecular weight is 437 g/mol. The highest BCUT2D eigenvalue weighted by molar-refractivity contribution is 14.1. The van der Waals surface area contributed by atoms with Gasteiger partial charge >= 0.3 is 0 Å². The van der Waals surface area contributed by atoms with Gasteiger partial charge in [0, 0.05) is 18.0 Å². The van der Waals surface area contributed by atoms with Gasteiger partial charge in [-0.3, -0.25) is 9.98 Å². The number of fused-ring (bicyclic) bond motifs is 1. The summed E-state index contributed by atoms with van der Waals surface area (Å²) in [4.78, 5) is 11.9. The van der Waals surface area contributed by atoms with E-state index >= 15 is 0 Å². The molecule has 1 aromatic heterocycles. The standard InChI is InChI=1S/C17H16IN3OS/c1-10-9-21-16(11-5-6-14(22)12(18)8-11)15(20-17(21)23-10)13-4-2-3-7-19-13/h2-8,10,15-16,22H,9H2,1H3/t10-,15+,16-/m1/s1. The summed E-state index contributed by atoms with van der Waals surface area (Å²) in [6, 6.07) is 12.0. The molecule has 6 heteroatoms. The number of rotatable bonds is 2. The molecule has 3 heterocycles. The van der Waals surface area contributed by atoms with Crippen LogP contribution in [0.5, 0.6) is 5.75 Å². The maximum atomic E-state index is 9.83. The predicted molar refractivity (Wildman–Crippen MR) is 102 cm³/mol. The van der Waals surface area contributed by atoms with Gasteiger partial charge in [0.05, 0.1) is 15.3 Å². The van der Waals surface area contributed by atoms with Crippen molar-refractivity contribution in [1.29, 1.82) is 0 Å². The summed E-state index contributed by atoms with van der Waals surface area (Å²) in [6.45, 7) is 3.23. The highest BCUT2D eigenvalue weighted by Gasteiger charge is 2.43. The summed E-state index contributed by atoms with van der Waals surface area (Å²) in [7, 11) is 0. The normalized spacial score (nSPS) is 26.3. The topological polar surface area (TPSA) is 48.7 Å². The molecule has 23 heavy (non-hydrogen) atoms. The molecule has 4 rings (SSSR count). The third kappa shape index (κ3) is 2.71. The molecule has 2 aliphatic heterocycles. The molecule has 0 aliphatic carbocycles. The molecule has 0 spiro atoms. The summed E-state index contributed by atoms with van der Waals surface area (Å²) in [5, 5.41) is 11.5. The fraction of sp³-hybridized carbons (Fsp3) is 0.294. The molecule has 0 radical (unpaired) electrons. The zero-order valence-electron chi connectivity index (χ0n) is 12.6. The minimum atomic E-state index is 0.00606. The lowest BCUT2D eigenvalue weighted by molar-refractivity contribution is 0.321. The van der Waals surface area contributed by atoms with Crippen LogP contribution in [0.25, 0.3) is 0 Å². The number of hydrogen-bond acceptors (Lipinski definition) is 5. The molecule has 0 saturated carbocycles. The number of pyridine rings is 1. The summed E-state index contributed by atoms with van der Waals surface area (Å²) in [5.41, 5.74) is 2.17. The van der Waals surface area contributed by atoms with Gasteiger partial charge in [0.15, 0.2) is 5.17 Å². The van der Waals surface area contributed by atoms with Crippen LogP contribution in [0.15, 0.2) is 47.6 Å². The second-order valence-corrected chi connectivity index (χ2v) is 8.42. The molecule has 0 bridgehead atoms. The lowest BCUT2D eigenvalue weighted by atomic mass is 9.96. The van der Waals surface area contributed by atoms with E-state index in [1.807, 2.05) is 42.2 Å². The predicted octanol–water partition coefficient (Wildman–Crippen LogP) is 3.98. The number of hydrogen-bond donors (Lipinski definition) is 1. The largest absolute Gasteiger partial charge is 0.507 e. The molecular formula is C17H16IN3OS. The Bertz CT molecular complexity index is 768. The van der Waals surface area contributed by atoms with Crippen LogP contribution in [0.2, 0.25) is 0 Å².